The minimum atomic E-state index is -0.525. The van der Waals surface area contributed by atoms with Gasteiger partial charge in [-0.15, -0.1) is 0 Å². The molecule has 0 aromatic carbocycles. The Hall–Kier alpha value is -1.49. The number of aliphatic hydroxyl groups excluding tert-OH is 1. The number of carbonyl (C=O) groups excluding carboxylic acids is 1. The van der Waals surface area contributed by atoms with Gasteiger partial charge in [-0.3, -0.25) is 4.90 Å². The van der Waals surface area contributed by atoms with E-state index in [0.29, 0.717) is 18.4 Å². The Morgan fingerprint density at radius 2 is 1.88 bits per heavy atom. The highest BCUT2D eigenvalue weighted by Gasteiger charge is 2.56. The number of likely N-dealkylation sites (N-methyl/N-ethyl adjacent to an activating group) is 1. The number of aliphatic hydroxyl groups is 1. The standard InChI is InChI=1S/C33H60N4O5/c1-23(21-33(6)31(42-33)26(4)30(40-9)27(5)38)11-10-12-24(2)29-25(3)13-14-28(41-29)22-34-32(39)37-19-17-36(18-20-37)16-15-35(7)8/h10-12,23,25-31,38H,13-22H2,1-9H3,(H,34,39)/b11-10+,24-12+/t23-,25+,26-,27-,28-,29-,30-,31-,33-/m1/s1. The van der Waals surface area contributed by atoms with E-state index in [1.54, 1.807) is 14.0 Å². The van der Waals surface area contributed by atoms with E-state index in [1.165, 1.54) is 5.57 Å². The first kappa shape index (κ1) is 35.0. The summed E-state index contributed by atoms with van der Waals surface area (Å²) >= 11 is 0. The first-order valence-electron chi connectivity index (χ1n) is 16.1. The van der Waals surface area contributed by atoms with Crippen LogP contribution in [0.1, 0.15) is 60.8 Å². The second-order valence-electron chi connectivity index (χ2n) is 13.7. The molecule has 0 saturated carbocycles. The fraction of sp³-hybridized carbons (Fsp3) is 0.848. The van der Waals surface area contributed by atoms with Crippen LogP contribution >= 0.6 is 0 Å². The van der Waals surface area contributed by atoms with Crippen LogP contribution in [0.5, 0.6) is 0 Å². The quantitative estimate of drug-likeness (QED) is 0.234. The van der Waals surface area contributed by atoms with Crippen molar-refractivity contribution in [1.82, 2.24) is 20.0 Å². The number of allylic oxidation sites excluding steroid dienone is 3. The molecular formula is C33H60N4O5. The van der Waals surface area contributed by atoms with Gasteiger partial charge in [-0.2, -0.15) is 0 Å². The summed E-state index contributed by atoms with van der Waals surface area (Å²) in [6, 6.07) is 0.0267. The molecule has 0 bridgehead atoms. The number of hydrogen-bond acceptors (Lipinski definition) is 7. The lowest BCUT2D eigenvalue weighted by atomic mass is 9.85. The normalized spacial score (nSPS) is 32.2. The van der Waals surface area contributed by atoms with Crippen molar-refractivity contribution in [2.45, 2.75) is 96.9 Å². The number of hydrogen-bond donors (Lipinski definition) is 2. The predicted molar refractivity (Wildman–Crippen MR) is 169 cm³/mol. The van der Waals surface area contributed by atoms with Gasteiger partial charge in [-0.05, 0) is 71.5 Å². The number of rotatable bonds is 14. The molecule has 3 rings (SSSR count). The van der Waals surface area contributed by atoms with E-state index in [0.717, 1.165) is 58.5 Å². The molecule has 3 aliphatic heterocycles. The van der Waals surface area contributed by atoms with E-state index in [9.17, 15) is 9.90 Å². The Morgan fingerprint density at radius 3 is 2.50 bits per heavy atom. The topological polar surface area (TPSA) is 90.0 Å². The average molecular weight is 593 g/mol. The molecule has 9 nitrogen and oxygen atoms in total. The zero-order valence-electron chi connectivity index (χ0n) is 27.8. The third-order valence-electron chi connectivity index (χ3n) is 9.46. The van der Waals surface area contributed by atoms with Crippen LogP contribution in [0.4, 0.5) is 4.79 Å². The minimum absolute atomic E-state index is 0.0267. The molecule has 2 N–H and O–H groups in total. The molecule has 3 aliphatic rings. The molecule has 0 aromatic rings. The number of amides is 2. The van der Waals surface area contributed by atoms with E-state index in [1.807, 2.05) is 4.90 Å². The number of nitrogens with one attached hydrogen (secondary N) is 1. The van der Waals surface area contributed by atoms with Gasteiger partial charge in [0.15, 0.2) is 0 Å². The molecule has 2 amide bonds. The van der Waals surface area contributed by atoms with Gasteiger partial charge in [0.2, 0.25) is 0 Å². The van der Waals surface area contributed by atoms with Crippen molar-refractivity contribution in [2.75, 3.05) is 67.0 Å². The van der Waals surface area contributed by atoms with E-state index in [-0.39, 0.29) is 42.0 Å². The highest BCUT2D eigenvalue weighted by Crippen LogP contribution is 2.47. The summed E-state index contributed by atoms with van der Waals surface area (Å²) in [5, 5.41) is 13.2. The van der Waals surface area contributed by atoms with Crippen LogP contribution in [0, 0.1) is 17.8 Å². The summed E-state index contributed by atoms with van der Waals surface area (Å²) in [7, 11) is 5.84. The summed E-state index contributed by atoms with van der Waals surface area (Å²) in [6.45, 7) is 18.7. The fourth-order valence-electron chi connectivity index (χ4n) is 6.85. The van der Waals surface area contributed by atoms with Crippen molar-refractivity contribution in [3.8, 4) is 0 Å². The SMILES string of the molecule is CO[C@H]([C@@H](C)[C@H]1O[C@]1(C)C[C@H](C)/C=C/C=C(\C)[C@H]1O[C@@H](CNC(=O)N2CCN(CCN(C)C)CC2)CC[C@@H]1C)[C@@H](C)O. The second kappa shape index (κ2) is 16.0. The van der Waals surface area contributed by atoms with Crippen molar-refractivity contribution < 1.29 is 24.1 Å². The number of epoxide rings is 1. The van der Waals surface area contributed by atoms with Crippen LogP contribution in [0.3, 0.4) is 0 Å². The minimum Gasteiger partial charge on any atom is -0.391 e. The third kappa shape index (κ3) is 10.0. The first-order chi connectivity index (χ1) is 19.8. The molecule has 242 valence electrons. The molecule has 0 aliphatic carbocycles. The number of methoxy groups -OCH3 is 1. The van der Waals surface area contributed by atoms with E-state index < -0.39 is 6.10 Å². The lowest BCUT2D eigenvalue weighted by Gasteiger charge is -2.37. The van der Waals surface area contributed by atoms with Gasteiger partial charge in [0.1, 0.15) is 0 Å². The van der Waals surface area contributed by atoms with Gasteiger partial charge < -0.3 is 34.4 Å². The fourth-order valence-corrected chi connectivity index (χ4v) is 6.85. The van der Waals surface area contributed by atoms with Gasteiger partial charge >= 0.3 is 6.03 Å². The van der Waals surface area contributed by atoms with E-state index in [4.69, 9.17) is 14.2 Å². The Morgan fingerprint density at radius 1 is 1.19 bits per heavy atom. The summed E-state index contributed by atoms with van der Waals surface area (Å²) in [4.78, 5) is 19.4. The summed E-state index contributed by atoms with van der Waals surface area (Å²) < 4.78 is 18.2. The zero-order valence-corrected chi connectivity index (χ0v) is 27.8. The summed E-state index contributed by atoms with van der Waals surface area (Å²) in [6.07, 6.45) is 8.98. The second-order valence-corrected chi connectivity index (χ2v) is 13.7. The number of urea groups is 1. The maximum Gasteiger partial charge on any atom is 0.317 e. The number of nitrogens with zero attached hydrogens (tertiary/aromatic N) is 3. The van der Waals surface area contributed by atoms with Crippen LogP contribution in [0.15, 0.2) is 23.8 Å². The molecule has 0 unspecified atom stereocenters. The van der Waals surface area contributed by atoms with Crippen molar-refractivity contribution >= 4 is 6.03 Å². The molecule has 0 spiro atoms. The first-order valence-corrected chi connectivity index (χ1v) is 16.1. The van der Waals surface area contributed by atoms with E-state index >= 15 is 0 Å². The summed E-state index contributed by atoms with van der Waals surface area (Å²) in [5.41, 5.74) is 1.03. The van der Waals surface area contributed by atoms with Gasteiger partial charge in [-0.25, -0.2) is 4.79 Å². The molecule has 0 radical (unpaired) electrons. The van der Waals surface area contributed by atoms with Crippen molar-refractivity contribution in [1.29, 1.82) is 0 Å². The monoisotopic (exact) mass is 592 g/mol. The Bertz CT molecular complexity index is 903. The maximum absolute atomic E-state index is 12.8. The molecule has 9 atom stereocenters. The van der Waals surface area contributed by atoms with Gasteiger partial charge in [0, 0.05) is 58.8 Å². The zero-order chi connectivity index (χ0) is 31.0. The lowest BCUT2D eigenvalue weighted by molar-refractivity contribution is -0.0570. The van der Waals surface area contributed by atoms with Gasteiger partial charge in [0.05, 0.1) is 36.1 Å². The Labute approximate surface area is 255 Å². The van der Waals surface area contributed by atoms with Gasteiger partial charge in [-0.1, -0.05) is 39.0 Å². The molecule has 3 fully saturated rings. The van der Waals surface area contributed by atoms with Gasteiger partial charge in [0.25, 0.3) is 0 Å². The van der Waals surface area contributed by atoms with Crippen LogP contribution in [0.25, 0.3) is 0 Å². The van der Waals surface area contributed by atoms with E-state index in [2.05, 4.69) is 82.1 Å². The van der Waals surface area contributed by atoms with Crippen molar-refractivity contribution in [2.24, 2.45) is 17.8 Å². The van der Waals surface area contributed by atoms with Crippen molar-refractivity contribution in [3.05, 3.63) is 23.8 Å². The van der Waals surface area contributed by atoms with Crippen molar-refractivity contribution in [3.63, 3.8) is 0 Å². The van der Waals surface area contributed by atoms with Crippen LogP contribution < -0.4 is 5.32 Å². The lowest BCUT2D eigenvalue weighted by Crippen LogP contribution is -2.53. The Balaban J connectivity index is 1.42. The maximum atomic E-state index is 12.8. The number of carbonyl (C=O) groups is 1. The highest BCUT2D eigenvalue weighted by atomic mass is 16.6. The molecule has 3 saturated heterocycles. The largest absolute Gasteiger partial charge is 0.391 e. The molecule has 0 aromatic heterocycles. The smallest absolute Gasteiger partial charge is 0.317 e. The predicted octanol–water partition coefficient (Wildman–Crippen LogP) is 3.78. The highest BCUT2D eigenvalue weighted by molar-refractivity contribution is 5.74. The van der Waals surface area contributed by atoms with Crippen LogP contribution in [-0.2, 0) is 14.2 Å². The molecular weight excluding hydrogens is 532 g/mol. The summed E-state index contributed by atoms with van der Waals surface area (Å²) in [5.74, 6) is 0.925. The third-order valence-corrected chi connectivity index (χ3v) is 9.46. The van der Waals surface area contributed by atoms with Crippen LogP contribution in [0.2, 0.25) is 0 Å². The average Bonchev–Trinajstić information content (AvgIpc) is 3.61. The molecule has 42 heavy (non-hydrogen) atoms. The van der Waals surface area contributed by atoms with Crippen LogP contribution in [-0.4, -0.2) is 129 Å². The Kier molecular flexibility index (Phi) is 13.3. The molecule has 9 heteroatoms. The number of ether oxygens (including phenoxy) is 3. The number of piperazine rings is 1. The molecule has 3 heterocycles.